The minimum atomic E-state index is -0.00744. The van der Waals surface area contributed by atoms with E-state index < -0.39 is 0 Å². The maximum absolute atomic E-state index is 11.9. The number of esters is 1. The summed E-state index contributed by atoms with van der Waals surface area (Å²) in [5, 5.41) is 0. The molecule has 0 amide bonds. The second-order valence-corrected chi connectivity index (χ2v) is 5.37. The molecule has 0 aliphatic heterocycles. The molecule has 0 bridgehead atoms. The lowest BCUT2D eigenvalue weighted by molar-refractivity contribution is -0.147. The van der Waals surface area contributed by atoms with Crippen LogP contribution in [0, 0.1) is 5.92 Å². The van der Waals surface area contributed by atoms with Gasteiger partial charge >= 0.3 is 5.97 Å². The third-order valence-corrected chi connectivity index (χ3v) is 3.78. The van der Waals surface area contributed by atoms with E-state index in [9.17, 15) is 4.79 Å². The van der Waals surface area contributed by atoms with Crippen molar-refractivity contribution in [2.24, 2.45) is 5.92 Å². The number of carbonyl (C=O) groups excluding carboxylic acids is 1. The van der Waals surface area contributed by atoms with Crippen molar-refractivity contribution < 1.29 is 9.53 Å². The van der Waals surface area contributed by atoms with Crippen molar-refractivity contribution in [2.75, 3.05) is 6.61 Å². The Morgan fingerprint density at radius 3 is 1.83 bits per heavy atom. The number of rotatable bonds is 3. The third kappa shape index (κ3) is 6.83. The largest absolute Gasteiger partial charge is 0.461 e. The van der Waals surface area contributed by atoms with Gasteiger partial charge < -0.3 is 4.74 Å². The van der Waals surface area contributed by atoms with Gasteiger partial charge in [0.15, 0.2) is 0 Å². The van der Waals surface area contributed by atoms with Gasteiger partial charge in [-0.2, -0.15) is 0 Å². The zero-order valence-corrected chi connectivity index (χ0v) is 11.7. The molecule has 0 aromatic carbocycles. The van der Waals surface area contributed by atoms with E-state index in [1.165, 1.54) is 57.8 Å². The van der Waals surface area contributed by atoms with Crippen LogP contribution in [0.15, 0.2) is 12.7 Å². The summed E-state index contributed by atoms with van der Waals surface area (Å²) in [6.45, 7) is 3.94. The molecule has 1 rings (SSSR count). The topological polar surface area (TPSA) is 26.3 Å². The first-order valence-corrected chi connectivity index (χ1v) is 7.62. The van der Waals surface area contributed by atoms with Gasteiger partial charge in [0.25, 0.3) is 0 Å². The lowest BCUT2D eigenvalue weighted by Gasteiger charge is -2.16. The molecule has 0 heterocycles. The summed E-state index contributed by atoms with van der Waals surface area (Å²) in [5.41, 5.74) is 0. The molecule has 18 heavy (non-hydrogen) atoms. The van der Waals surface area contributed by atoms with Gasteiger partial charge in [-0.05, 0) is 12.8 Å². The summed E-state index contributed by atoms with van der Waals surface area (Å²) in [6.07, 6.45) is 15.3. The van der Waals surface area contributed by atoms with Gasteiger partial charge in [-0.25, -0.2) is 0 Å². The fraction of sp³-hybridized carbons (Fsp3) is 0.812. The molecule has 0 saturated heterocycles. The lowest BCUT2D eigenvalue weighted by atomic mass is 9.93. The van der Waals surface area contributed by atoms with Crippen LogP contribution < -0.4 is 0 Å². The van der Waals surface area contributed by atoms with Gasteiger partial charge in [-0.1, -0.05) is 70.4 Å². The van der Waals surface area contributed by atoms with E-state index >= 15 is 0 Å². The molecule has 0 aromatic heterocycles. The number of carbonyl (C=O) groups is 1. The molecule has 0 aromatic rings. The fourth-order valence-corrected chi connectivity index (χ4v) is 2.66. The van der Waals surface area contributed by atoms with Crippen LogP contribution in [0.3, 0.4) is 0 Å². The molecule has 0 N–H and O–H groups in total. The van der Waals surface area contributed by atoms with Crippen molar-refractivity contribution in [1.82, 2.24) is 0 Å². The Morgan fingerprint density at radius 2 is 1.39 bits per heavy atom. The van der Waals surface area contributed by atoms with Crippen molar-refractivity contribution in [3.8, 4) is 0 Å². The van der Waals surface area contributed by atoms with E-state index in [4.69, 9.17) is 4.74 Å². The van der Waals surface area contributed by atoms with Gasteiger partial charge in [0.1, 0.15) is 6.61 Å². The number of ether oxygens (including phenoxy) is 1. The average molecular weight is 252 g/mol. The van der Waals surface area contributed by atoms with Gasteiger partial charge in [0.05, 0.1) is 5.92 Å². The van der Waals surface area contributed by atoms with Crippen LogP contribution in [0.5, 0.6) is 0 Å². The average Bonchev–Trinajstić information content (AvgIpc) is 2.36. The summed E-state index contributed by atoms with van der Waals surface area (Å²) in [7, 11) is 0. The molecule has 0 unspecified atom stereocenters. The third-order valence-electron chi connectivity index (χ3n) is 3.78. The second-order valence-electron chi connectivity index (χ2n) is 5.37. The quantitative estimate of drug-likeness (QED) is 0.540. The smallest absolute Gasteiger partial charge is 0.309 e. The number of hydrogen-bond acceptors (Lipinski definition) is 2. The Balaban J connectivity index is 2.35. The Labute approximate surface area is 112 Å². The van der Waals surface area contributed by atoms with Crippen molar-refractivity contribution >= 4 is 5.97 Å². The van der Waals surface area contributed by atoms with Crippen LogP contribution >= 0.6 is 0 Å². The van der Waals surface area contributed by atoms with Crippen molar-refractivity contribution in [3.63, 3.8) is 0 Å². The van der Waals surface area contributed by atoms with Gasteiger partial charge in [0, 0.05) is 0 Å². The SMILES string of the molecule is C=CCOC(=O)C1CCCCCCCCCCC1. The molecule has 1 fully saturated rings. The van der Waals surface area contributed by atoms with Crippen LogP contribution in [0.1, 0.15) is 70.6 Å². The first-order chi connectivity index (χ1) is 8.84. The summed E-state index contributed by atoms with van der Waals surface area (Å²) < 4.78 is 5.20. The Hall–Kier alpha value is -0.790. The molecular weight excluding hydrogens is 224 g/mol. The molecule has 2 heteroatoms. The van der Waals surface area contributed by atoms with Gasteiger partial charge in [-0.3, -0.25) is 4.79 Å². The van der Waals surface area contributed by atoms with Gasteiger partial charge in [-0.15, -0.1) is 0 Å². The molecule has 1 aliphatic rings. The van der Waals surface area contributed by atoms with Crippen LogP contribution in [0.25, 0.3) is 0 Å². The molecular formula is C16H28O2. The minimum Gasteiger partial charge on any atom is -0.461 e. The first-order valence-electron chi connectivity index (χ1n) is 7.62. The van der Waals surface area contributed by atoms with E-state index in [1.54, 1.807) is 6.08 Å². The van der Waals surface area contributed by atoms with Crippen LogP contribution in [0.2, 0.25) is 0 Å². The first kappa shape index (κ1) is 15.3. The molecule has 1 aliphatic carbocycles. The Kier molecular flexibility index (Phi) is 8.62. The lowest BCUT2D eigenvalue weighted by Crippen LogP contribution is -2.18. The van der Waals surface area contributed by atoms with E-state index in [1.807, 2.05) is 0 Å². The van der Waals surface area contributed by atoms with Crippen molar-refractivity contribution in [3.05, 3.63) is 12.7 Å². The fourth-order valence-electron chi connectivity index (χ4n) is 2.66. The van der Waals surface area contributed by atoms with E-state index in [0.29, 0.717) is 6.61 Å². The number of hydrogen-bond donors (Lipinski definition) is 0. The summed E-state index contributed by atoms with van der Waals surface area (Å²) in [5.74, 6) is 0.122. The van der Waals surface area contributed by atoms with Crippen molar-refractivity contribution in [2.45, 2.75) is 70.6 Å². The molecule has 0 radical (unpaired) electrons. The van der Waals surface area contributed by atoms with Crippen LogP contribution in [-0.4, -0.2) is 12.6 Å². The Bertz CT molecular complexity index is 223. The highest BCUT2D eigenvalue weighted by atomic mass is 16.5. The van der Waals surface area contributed by atoms with E-state index in [0.717, 1.165) is 12.8 Å². The zero-order chi connectivity index (χ0) is 13.1. The predicted molar refractivity (Wildman–Crippen MR) is 75.4 cm³/mol. The standard InChI is InChI=1S/C16H28O2/c1-2-14-18-16(17)15-12-10-8-6-4-3-5-7-9-11-13-15/h2,15H,1,3-14H2. The predicted octanol–water partition coefficient (Wildman–Crippen LogP) is 4.64. The molecule has 0 atom stereocenters. The molecule has 104 valence electrons. The van der Waals surface area contributed by atoms with Crippen LogP contribution in [-0.2, 0) is 9.53 Å². The highest BCUT2D eigenvalue weighted by Gasteiger charge is 2.19. The zero-order valence-electron chi connectivity index (χ0n) is 11.7. The second kappa shape index (κ2) is 10.2. The highest BCUT2D eigenvalue weighted by Crippen LogP contribution is 2.22. The maximum atomic E-state index is 11.9. The summed E-state index contributed by atoms with van der Waals surface area (Å²) in [4.78, 5) is 11.9. The molecule has 1 saturated carbocycles. The van der Waals surface area contributed by atoms with E-state index in [2.05, 4.69) is 6.58 Å². The van der Waals surface area contributed by atoms with E-state index in [-0.39, 0.29) is 11.9 Å². The monoisotopic (exact) mass is 252 g/mol. The molecule has 2 nitrogen and oxygen atoms in total. The van der Waals surface area contributed by atoms with Crippen molar-refractivity contribution in [1.29, 1.82) is 0 Å². The normalized spacial score (nSPS) is 20.4. The van der Waals surface area contributed by atoms with Crippen LogP contribution in [0.4, 0.5) is 0 Å². The van der Waals surface area contributed by atoms with Gasteiger partial charge in [0.2, 0.25) is 0 Å². The maximum Gasteiger partial charge on any atom is 0.309 e. The summed E-state index contributed by atoms with van der Waals surface area (Å²) in [6, 6.07) is 0. The summed E-state index contributed by atoms with van der Waals surface area (Å²) >= 11 is 0. The Morgan fingerprint density at radius 1 is 0.944 bits per heavy atom. The highest BCUT2D eigenvalue weighted by molar-refractivity contribution is 5.72. The minimum absolute atomic E-state index is 0.00744. The molecule has 0 spiro atoms.